The molecule has 70 valence electrons. The monoisotopic (exact) mass is 178 g/mol. The minimum atomic E-state index is -0.0263. The molecular weight excluding hydrogens is 163 g/mol. The molecule has 0 aromatic heterocycles. The van der Waals surface area contributed by atoms with Gasteiger partial charge in [0.2, 0.25) is 0 Å². The molecule has 0 aliphatic heterocycles. The number of hydrogen-bond donors (Lipinski definition) is 0. The van der Waals surface area contributed by atoms with Crippen molar-refractivity contribution in [3.05, 3.63) is 35.6 Å². The molecule has 0 heterocycles. The summed E-state index contributed by atoms with van der Waals surface area (Å²) in [6.07, 6.45) is 3.56. The van der Waals surface area contributed by atoms with Crippen LogP contribution in [-0.2, 0) is 0 Å². The van der Waals surface area contributed by atoms with Gasteiger partial charge >= 0.3 is 0 Å². The number of halogens is 1. The highest BCUT2D eigenvalue weighted by atomic mass is 19.1. The van der Waals surface area contributed by atoms with Crippen molar-refractivity contribution in [2.24, 2.45) is 5.92 Å². The largest absolute Gasteiger partial charge is 0.207 e. The van der Waals surface area contributed by atoms with Crippen molar-refractivity contribution >= 4 is 0 Å². The summed E-state index contributed by atoms with van der Waals surface area (Å²) in [5.41, 5.74) is 0.923. The van der Waals surface area contributed by atoms with Gasteiger partial charge in [-0.2, -0.15) is 0 Å². The minimum absolute atomic E-state index is 0.0263. The zero-order valence-electron chi connectivity index (χ0n) is 7.96. The third-order valence-electron chi connectivity index (χ3n) is 3.04. The normalized spacial score (nSPS) is 27.8. The van der Waals surface area contributed by atoms with Crippen molar-refractivity contribution < 1.29 is 4.39 Å². The maximum absolute atomic E-state index is 13.4. The summed E-state index contributed by atoms with van der Waals surface area (Å²) >= 11 is 0. The molecular formula is C12H15F. The second-order valence-corrected chi connectivity index (χ2v) is 4.14. The smallest absolute Gasteiger partial charge is 0.126 e. The van der Waals surface area contributed by atoms with Crippen molar-refractivity contribution in [2.75, 3.05) is 0 Å². The fourth-order valence-electron chi connectivity index (χ4n) is 2.30. The Bertz CT molecular complexity index is 293. The van der Waals surface area contributed by atoms with Crippen LogP contribution in [0.2, 0.25) is 0 Å². The molecule has 0 amide bonds. The van der Waals surface area contributed by atoms with Gasteiger partial charge < -0.3 is 0 Å². The molecule has 1 fully saturated rings. The Labute approximate surface area is 78.8 Å². The van der Waals surface area contributed by atoms with Crippen LogP contribution in [0.5, 0.6) is 0 Å². The molecule has 1 aliphatic rings. The van der Waals surface area contributed by atoms with Gasteiger partial charge in [0.1, 0.15) is 5.82 Å². The Morgan fingerprint density at radius 3 is 2.62 bits per heavy atom. The molecule has 0 spiro atoms. The van der Waals surface area contributed by atoms with E-state index in [9.17, 15) is 4.39 Å². The topological polar surface area (TPSA) is 0 Å². The lowest BCUT2D eigenvalue weighted by Crippen LogP contribution is -1.96. The molecule has 0 nitrogen and oxygen atoms in total. The van der Waals surface area contributed by atoms with Gasteiger partial charge in [-0.15, -0.1) is 0 Å². The van der Waals surface area contributed by atoms with Crippen LogP contribution in [0.25, 0.3) is 0 Å². The summed E-state index contributed by atoms with van der Waals surface area (Å²) in [5, 5.41) is 0. The summed E-state index contributed by atoms with van der Waals surface area (Å²) in [6.45, 7) is 2.25. The molecule has 0 radical (unpaired) electrons. The molecule has 0 bridgehead atoms. The van der Waals surface area contributed by atoms with Gasteiger partial charge in [0.15, 0.2) is 0 Å². The average Bonchev–Trinajstić information content (AvgIpc) is 2.53. The van der Waals surface area contributed by atoms with Crippen LogP contribution in [0, 0.1) is 11.7 Å². The first-order valence-electron chi connectivity index (χ1n) is 5.02. The zero-order valence-corrected chi connectivity index (χ0v) is 7.96. The van der Waals surface area contributed by atoms with Gasteiger partial charge in [-0.3, -0.25) is 0 Å². The maximum atomic E-state index is 13.4. The molecule has 1 aromatic carbocycles. The van der Waals surface area contributed by atoms with E-state index in [0.717, 1.165) is 24.3 Å². The Morgan fingerprint density at radius 2 is 2.00 bits per heavy atom. The number of benzene rings is 1. The highest BCUT2D eigenvalue weighted by molar-refractivity contribution is 5.22. The molecule has 13 heavy (non-hydrogen) atoms. The highest BCUT2D eigenvalue weighted by Crippen LogP contribution is 2.38. The quantitative estimate of drug-likeness (QED) is 0.614. The van der Waals surface area contributed by atoms with Crippen molar-refractivity contribution in [3.63, 3.8) is 0 Å². The van der Waals surface area contributed by atoms with Crippen LogP contribution < -0.4 is 0 Å². The van der Waals surface area contributed by atoms with Crippen LogP contribution in [-0.4, -0.2) is 0 Å². The summed E-state index contributed by atoms with van der Waals surface area (Å²) in [4.78, 5) is 0. The van der Waals surface area contributed by atoms with Crippen LogP contribution in [0.3, 0.4) is 0 Å². The van der Waals surface area contributed by atoms with Gasteiger partial charge in [0, 0.05) is 0 Å². The van der Waals surface area contributed by atoms with E-state index in [1.165, 1.54) is 6.42 Å². The first-order chi connectivity index (χ1) is 6.27. The van der Waals surface area contributed by atoms with Crippen LogP contribution in [0.1, 0.15) is 37.7 Å². The van der Waals surface area contributed by atoms with Crippen LogP contribution in [0.15, 0.2) is 24.3 Å². The van der Waals surface area contributed by atoms with E-state index in [-0.39, 0.29) is 5.82 Å². The standard InChI is InChI=1S/C12H15F/c1-9-6-7-10(8-9)11-4-2-3-5-12(11)13/h2-5,9-10H,6-8H2,1H3/t9-,10?/m1/s1. The van der Waals surface area contributed by atoms with Gasteiger partial charge in [0.25, 0.3) is 0 Å². The fraction of sp³-hybridized carbons (Fsp3) is 0.500. The molecule has 0 saturated heterocycles. The lowest BCUT2D eigenvalue weighted by Gasteiger charge is -2.10. The molecule has 2 rings (SSSR count). The van der Waals surface area contributed by atoms with Gasteiger partial charge in [-0.1, -0.05) is 31.5 Å². The molecule has 1 saturated carbocycles. The molecule has 1 aromatic rings. The fourth-order valence-corrected chi connectivity index (χ4v) is 2.30. The second kappa shape index (κ2) is 3.49. The Hall–Kier alpha value is -0.850. The van der Waals surface area contributed by atoms with E-state index in [4.69, 9.17) is 0 Å². The lowest BCUT2D eigenvalue weighted by atomic mass is 9.96. The number of hydrogen-bond acceptors (Lipinski definition) is 0. The van der Waals surface area contributed by atoms with Gasteiger partial charge in [-0.05, 0) is 36.3 Å². The Kier molecular flexibility index (Phi) is 2.34. The maximum Gasteiger partial charge on any atom is 0.126 e. The van der Waals surface area contributed by atoms with E-state index >= 15 is 0 Å². The first-order valence-corrected chi connectivity index (χ1v) is 5.02. The summed E-state index contributed by atoms with van der Waals surface area (Å²) in [6, 6.07) is 7.19. The first kappa shape index (κ1) is 8.74. The van der Waals surface area contributed by atoms with Gasteiger partial charge in [-0.25, -0.2) is 4.39 Å². The summed E-state index contributed by atoms with van der Waals surface area (Å²) in [7, 11) is 0. The van der Waals surface area contributed by atoms with E-state index in [2.05, 4.69) is 6.92 Å². The van der Waals surface area contributed by atoms with E-state index in [1.807, 2.05) is 12.1 Å². The minimum Gasteiger partial charge on any atom is -0.207 e. The van der Waals surface area contributed by atoms with Gasteiger partial charge in [0.05, 0.1) is 0 Å². The van der Waals surface area contributed by atoms with Crippen molar-refractivity contribution in [2.45, 2.75) is 32.1 Å². The molecule has 1 unspecified atom stereocenters. The Balaban J connectivity index is 2.21. The van der Waals surface area contributed by atoms with E-state index < -0.39 is 0 Å². The molecule has 2 atom stereocenters. The zero-order chi connectivity index (χ0) is 9.26. The highest BCUT2D eigenvalue weighted by Gasteiger charge is 2.24. The molecule has 1 heteroatoms. The van der Waals surface area contributed by atoms with Crippen molar-refractivity contribution in [3.8, 4) is 0 Å². The van der Waals surface area contributed by atoms with E-state index in [0.29, 0.717) is 5.92 Å². The number of rotatable bonds is 1. The van der Waals surface area contributed by atoms with E-state index in [1.54, 1.807) is 12.1 Å². The average molecular weight is 178 g/mol. The SMILES string of the molecule is C[C@@H]1CCC(c2ccccc2F)C1. The molecule has 0 N–H and O–H groups in total. The van der Waals surface area contributed by atoms with Crippen molar-refractivity contribution in [1.82, 2.24) is 0 Å². The summed E-state index contributed by atoms with van der Waals surface area (Å²) < 4.78 is 13.4. The molecule has 1 aliphatic carbocycles. The van der Waals surface area contributed by atoms with Crippen molar-refractivity contribution in [1.29, 1.82) is 0 Å². The predicted molar refractivity (Wildman–Crippen MR) is 52.2 cm³/mol. The third-order valence-corrected chi connectivity index (χ3v) is 3.04. The van der Waals surface area contributed by atoms with Crippen LogP contribution in [0.4, 0.5) is 4.39 Å². The van der Waals surface area contributed by atoms with Crippen LogP contribution >= 0.6 is 0 Å². The predicted octanol–water partition coefficient (Wildman–Crippen LogP) is 3.73. The lowest BCUT2D eigenvalue weighted by molar-refractivity contribution is 0.561. The summed E-state index contributed by atoms with van der Waals surface area (Å²) in [5.74, 6) is 1.21. The second-order valence-electron chi connectivity index (χ2n) is 4.14. The Morgan fingerprint density at radius 1 is 1.23 bits per heavy atom. The third kappa shape index (κ3) is 1.74.